The third-order valence-corrected chi connectivity index (χ3v) is 6.46. The Morgan fingerprint density at radius 1 is 1.05 bits per heavy atom. The summed E-state index contributed by atoms with van der Waals surface area (Å²) in [7, 11) is 1.96. The molecule has 0 aromatic heterocycles. The highest BCUT2D eigenvalue weighted by molar-refractivity contribution is 5.00. The van der Waals surface area contributed by atoms with Crippen molar-refractivity contribution in [1.82, 2.24) is 5.32 Å². The zero-order valence-corrected chi connectivity index (χ0v) is 14.8. The molecule has 0 bridgehead atoms. The monoisotopic (exact) mass is 295 g/mol. The maximum Gasteiger partial charge on any atom is 0.0833 e. The minimum absolute atomic E-state index is 0.103. The van der Waals surface area contributed by atoms with Gasteiger partial charge >= 0.3 is 0 Å². The first-order chi connectivity index (χ1) is 10.1. The molecule has 0 aliphatic heterocycles. The van der Waals surface area contributed by atoms with Gasteiger partial charge in [0.15, 0.2) is 0 Å². The van der Waals surface area contributed by atoms with Gasteiger partial charge in [0.25, 0.3) is 0 Å². The summed E-state index contributed by atoms with van der Waals surface area (Å²) in [5, 5.41) is 3.84. The summed E-state index contributed by atoms with van der Waals surface area (Å²) >= 11 is 0. The largest absolute Gasteiger partial charge is 0.377 e. The molecule has 0 amide bonds. The number of nitrogens with one attached hydrogen (secondary N) is 1. The Labute approximate surface area is 132 Å². The van der Waals surface area contributed by atoms with Crippen molar-refractivity contribution in [3.63, 3.8) is 0 Å². The Balaban J connectivity index is 2.06. The van der Waals surface area contributed by atoms with Crippen molar-refractivity contribution in [3.05, 3.63) is 0 Å². The van der Waals surface area contributed by atoms with Gasteiger partial charge in [0.2, 0.25) is 0 Å². The quantitative estimate of drug-likeness (QED) is 0.761. The molecule has 2 aliphatic carbocycles. The lowest BCUT2D eigenvalue weighted by Crippen LogP contribution is -2.57. The Hall–Kier alpha value is -0.0800. The van der Waals surface area contributed by atoms with E-state index in [9.17, 15) is 0 Å². The van der Waals surface area contributed by atoms with Crippen LogP contribution in [0.1, 0.15) is 78.6 Å². The molecule has 0 spiro atoms. The minimum atomic E-state index is 0.103. The lowest BCUT2D eigenvalue weighted by molar-refractivity contribution is -0.0925. The standard InChI is InChI=1S/C19H37NO/c1-5-16-7-9-17(10-8-16)18(20-6-2)19(21-4)13-11-15(3)12-14-19/h15-18,20H,5-14H2,1-4H3. The second-order valence-corrected chi connectivity index (χ2v) is 7.68. The average Bonchev–Trinajstić information content (AvgIpc) is 2.54. The maximum atomic E-state index is 6.19. The highest BCUT2D eigenvalue weighted by atomic mass is 16.5. The Kier molecular flexibility index (Phi) is 6.55. The molecule has 1 N–H and O–H groups in total. The molecule has 2 rings (SSSR count). The molecule has 0 aromatic rings. The van der Waals surface area contributed by atoms with E-state index in [2.05, 4.69) is 26.1 Å². The molecule has 2 fully saturated rings. The van der Waals surface area contributed by atoms with E-state index in [0.717, 1.165) is 24.3 Å². The zero-order valence-electron chi connectivity index (χ0n) is 14.8. The fraction of sp³-hybridized carbons (Fsp3) is 1.00. The van der Waals surface area contributed by atoms with E-state index in [1.54, 1.807) is 0 Å². The number of hydrogen-bond donors (Lipinski definition) is 1. The van der Waals surface area contributed by atoms with Crippen molar-refractivity contribution in [2.24, 2.45) is 17.8 Å². The number of ether oxygens (including phenoxy) is 1. The van der Waals surface area contributed by atoms with Gasteiger partial charge in [0.1, 0.15) is 0 Å². The van der Waals surface area contributed by atoms with Gasteiger partial charge in [0, 0.05) is 13.2 Å². The Morgan fingerprint density at radius 3 is 2.14 bits per heavy atom. The molecule has 2 saturated carbocycles. The third kappa shape index (κ3) is 4.01. The number of rotatable bonds is 6. The number of likely N-dealkylation sites (N-methyl/N-ethyl adjacent to an activating group) is 1. The molecule has 0 heterocycles. The molecule has 0 saturated heterocycles. The normalized spacial score (nSPS) is 39.1. The van der Waals surface area contributed by atoms with Crippen molar-refractivity contribution < 1.29 is 4.74 Å². The molecule has 124 valence electrons. The highest BCUT2D eigenvalue weighted by Crippen LogP contribution is 2.43. The summed E-state index contributed by atoms with van der Waals surface area (Å²) in [5.41, 5.74) is 0.103. The van der Waals surface area contributed by atoms with Crippen molar-refractivity contribution in [3.8, 4) is 0 Å². The van der Waals surface area contributed by atoms with Crippen LogP contribution in [0.5, 0.6) is 0 Å². The summed E-state index contributed by atoms with van der Waals surface area (Å²) in [4.78, 5) is 0. The highest BCUT2D eigenvalue weighted by Gasteiger charge is 2.45. The summed E-state index contributed by atoms with van der Waals surface area (Å²) in [6.45, 7) is 8.07. The van der Waals surface area contributed by atoms with E-state index in [1.807, 2.05) is 7.11 Å². The van der Waals surface area contributed by atoms with E-state index >= 15 is 0 Å². The molecule has 2 aliphatic rings. The van der Waals surface area contributed by atoms with Crippen LogP contribution in [0.25, 0.3) is 0 Å². The van der Waals surface area contributed by atoms with Crippen LogP contribution in [0, 0.1) is 17.8 Å². The molecular formula is C19H37NO. The van der Waals surface area contributed by atoms with Crippen LogP contribution in [0.4, 0.5) is 0 Å². The van der Waals surface area contributed by atoms with Gasteiger partial charge in [-0.3, -0.25) is 0 Å². The second-order valence-electron chi connectivity index (χ2n) is 7.68. The lowest BCUT2D eigenvalue weighted by Gasteiger charge is -2.48. The van der Waals surface area contributed by atoms with Crippen LogP contribution in [0.15, 0.2) is 0 Å². The van der Waals surface area contributed by atoms with Crippen LogP contribution in [0.2, 0.25) is 0 Å². The van der Waals surface area contributed by atoms with E-state index in [0.29, 0.717) is 6.04 Å². The van der Waals surface area contributed by atoms with Crippen LogP contribution in [0.3, 0.4) is 0 Å². The van der Waals surface area contributed by atoms with Gasteiger partial charge in [0.05, 0.1) is 5.60 Å². The van der Waals surface area contributed by atoms with Crippen molar-refractivity contribution in [2.75, 3.05) is 13.7 Å². The molecule has 0 radical (unpaired) electrons. The molecule has 1 atom stereocenters. The second kappa shape index (κ2) is 7.97. The molecule has 21 heavy (non-hydrogen) atoms. The third-order valence-electron chi connectivity index (χ3n) is 6.46. The van der Waals surface area contributed by atoms with Gasteiger partial charge in [-0.15, -0.1) is 0 Å². The van der Waals surface area contributed by atoms with Crippen molar-refractivity contribution in [1.29, 1.82) is 0 Å². The fourth-order valence-corrected chi connectivity index (χ4v) is 4.82. The van der Waals surface area contributed by atoms with Crippen LogP contribution >= 0.6 is 0 Å². The topological polar surface area (TPSA) is 21.3 Å². The SMILES string of the molecule is CCNC(C1CCC(CC)CC1)C1(OC)CCC(C)CC1. The van der Waals surface area contributed by atoms with Crippen LogP contribution in [-0.2, 0) is 4.74 Å². The summed E-state index contributed by atoms with van der Waals surface area (Å²) < 4.78 is 6.19. The van der Waals surface area contributed by atoms with Crippen LogP contribution in [-0.4, -0.2) is 25.3 Å². The average molecular weight is 296 g/mol. The smallest absolute Gasteiger partial charge is 0.0833 e. The van der Waals surface area contributed by atoms with Gasteiger partial charge in [-0.05, 0) is 62.8 Å². The summed E-state index contributed by atoms with van der Waals surface area (Å²) in [5.74, 6) is 2.68. The summed E-state index contributed by atoms with van der Waals surface area (Å²) in [6.07, 6.45) is 12.2. The van der Waals surface area contributed by atoms with E-state index < -0.39 is 0 Å². The van der Waals surface area contributed by atoms with Gasteiger partial charge < -0.3 is 10.1 Å². The minimum Gasteiger partial charge on any atom is -0.377 e. The lowest BCUT2D eigenvalue weighted by atomic mass is 9.67. The first kappa shape index (κ1) is 17.3. The molecular weight excluding hydrogens is 258 g/mol. The number of hydrogen-bond acceptors (Lipinski definition) is 2. The fourth-order valence-electron chi connectivity index (χ4n) is 4.82. The summed E-state index contributed by atoms with van der Waals surface area (Å²) in [6, 6.07) is 0.567. The zero-order chi connectivity index (χ0) is 15.3. The molecule has 0 aromatic carbocycles. The van der Waals surface area contributed by atoms with E-state index in [4.69, 9.17) is 4.74 Å². The van der Waals surface area contributed by atoms with Gasteiger partial charge in [-0.25, -0.2) is 0 Å². The van der Waals surface area contributed by atoms with Gasteiger partial charge in [-0.2, -0.15) is 0 Å². The van der Waals surface area contributed by atoms with E-state index in [-0.39, 0.29) is 5.60 Å². The number of methoxy groups -OCH3 is 1. The molecule has 2 heteroatoms. The van der Waals surface area contributed by atoms with Crippen molar-refractivity contribution in [2.45, 2.75) is 90.2 Å². The first-order valence-corrected chi connectivity index (χ1v) is 9.43. The van der Waals surface area contributed by atoms with E-state index in [1.165, 1.54) is 57.8 Å². The predicted molar refractivity (Wildman–Crippen MR) is 90.6 cm³/mol. The Morgan fingerprint density at radius 2 is 1.67 bits per heavy atom. The molecule has 1 unspecified atom stereocenters. The van der Waals surface area contributed by atoms with Crippen molar-refractivity contribution >= 4 is 0 Å². The first-order valence-electron chi connectivity index (χ1n) is 9.43. The van der Waals surface area contributed by atoms with Crippen LogP contribution < -0.4 is 5.32 Å². The molecule has 2 nitrogen and oxygen atoms in total. The Bertz CT molecular complexity index is 288. The van der Waals surface area contributed by atoms with Gasteiger partial charge in [-0.1, -0.05) is 40.0 Å². The predicted octanol–water partition coefficient (Wildman–Crippen LogP) is 4.78. The maximum absolute atomic E-state index is 6.19.